The van der Waals surface area contributed by atoms with E-state index in [9.17, 15) is 0 Å². The summed E-state index contributed by atoms with van der Waals surface area (Å²) in [6.07, 6.45) is 1.67. The van der Waals surface area contributed by atoms with Crippen molar-refractivity contribution in [2.24, 2.45) is 5.10 Å². The van der Waals surface area contributed by atoms with Gasteiger partial charge in [-0.05, 0) is 24.3 Å². The SMILES string of the molecule is COc1ccc(/C=N\Nc2ccccc2)c(OC)c1OC. The van der Waals surface area contributed by atoms with Crippen molar-refractivity contribution in [2.45, 2.75) is 0 Å². The molecule has 0 aliphatic carbocycles. The lowest BCUT2D eigenvalue weighted by atomic mass is 10.2. The molecule has 0 fully saturated rings. The molecule has 1 N–H and O–H groups in total. The van der Waals surface area contributed by atoms with Crippen molar-refractivity contribution in [3.63, 3.8) is 0 Å². The van der Waals surface area contributed by atoms with Crippen molar-refractivity contribution in [3.05, 3.63) is 48.0 Å². The van der Waals surface area contributed by atoms with Gasteiger partial charge in [0.2, 0.25) is 5.75 Å². The first-order chi connectivity index (χ1) is 10.3. The van der Waals surface area contributed by atoms with E-state index in [0.717, 1.165) is 11.3 Å². The number of hydrogen-bond donors (Lipinski definition) is 1. The quantitative estimate of drug-likeness (QED) is 0.654. The maximum atomic E-state index is 5.39. The maximum absolute atomic E-state index is 5.39. The zero-order valence-corrected chi connectivity index (χ0v) is 12.3. The van der Waals surface area contributed by atoms with E-state index in [-0.39, 0.29) is 0 Å². The van der Waals surface area contributed by atoms with Crippen molar-refractivity contribution in [1.29, 1.82) is 0 Å². The molecule has 2 aromatic rings. The Kier molecular flexibility index (Phi) is 5.04. The zero-order chi connectivity index (χ0) is 15.1. The van der Waals surface area contributed by atoms with Crippen LogP contribution in [0.25, 0.3) is 0 Å². The molecule has 5 heteroatoms. The third-order valence-corrected chi connectivity index (χ3v) is 2.91. The molecule has 0 unspecified atom stereocenters. The molecule has 0 spiro atoms. The number of para-hydroxylation sites is 1. The van der Waals surface area contributed by atoms with Gasteiger partial charge in [-0.2, -0.15) is 5.10 Å². The van der Waals surface area contributed by atoms with Crippen LogP contribution in [0.3, 0.4) is 0 Å². The van der Waals surface area contributed by atoms with Crippen molar-refractivity contribution >= 4 is 11.9 Å². The standard InChI is InChI=1S/C16H18N2O3/c1-19-14-10-9-12(15(20-2)16(14)21-3)11-17-18-13-7-5-4-6-8-13/h4-11,18H,1-3H3/b17-11-. The van der Waals surface area contributed by atoms with Gasteiger partial charge in [-0.1, -0.05) is 18.2 Å². The van der Waals surface area contributed by atoms with Crippen LogP contribution in [0.4, 0.5) is 5.69 Å². The minimum absolute atomic E-state index is 0.545. The second-order valence-electron chi connectivity index (χ2n) is 4.16. The molecule has 0 radical (unpaired) electrons. The van der Waals surface area contributed by atoms with Gasteiger partial charge in [0, 0.05) is 5.56 Å². The second kappa shape index (κ2) is 7.19. The van der Waals surface area contributed by atoms with Crippen molar-refractivity contribution in [1.82, 2.24) is 0 Å². The van der Waals surface area contributed by atoms with E-state index in [2.05, 4.69) is 10.5 Å². The first-order valence-corrected chi connectivity index (χ1v) is 6.43. The molecule has 0 heterocycles. The summed E-state index contributed by atoms with van der Waals surface area (Å²) in [5.41, 5.74) is 4.65. The Labute approximate surface area is 124 Å². The lowest BCUT2D eigenvalue weighted by Gasteiger charge is -2.13. The first kappa shape index (κ1) is 14.7. The molecule has 0 saturated carbocycles. The van der Waals surface area contributed by atoms with Gasteiger partial charge in [0.25, 0.3) is 0 Å². The fourth-order valence-corrected chi connectivity index (χ4v) is 1.92. The fraction of sp³-hybridized carbons (Fsp3) is 0.188. The molecule has 0 aliphatic rings. The van der Waals surface area contributed by atoms with Gasteiger partial charge in [0.05, 0.1) is 33.2 Å². The van der Waals surface area contributed by atoms with E-state index >= 15 is 0 Å². The van der Waals surface area contributed by atoms with E-state index in [1.807, 2.05) is 42.5 Å². The van der Waals surface area contributed by atoms with Gasteiger partial charge in [0.15, 0.2) is 11.5 Å². The van der Waals surface area contributed by atoms with Crippen LogP contribution >= 0.6 is 0 Å². The highest BCUT2D eigenvalue weighted by molar-refractivity contribution is 5.86. The summed E-state index contributed by atoms with van der Waals surface area (Å²) in [5, 5.41) is 4.20. The van der Waals surface area contributed by atoms with Crippen molar-refractivity contribution in [3.8, 4) is 17.2 Å². The highest BCUT2D eigenvalue weighted by atomic mass is 16.5. The number of nitrogens with one attached hydrogen (secondary N) is 1. The number of rotatable bonds is 6. The second-order valence-corrected chi connectivity index (χ2v) is 4.16. The summed E-state index contributed by atoms with van der Waals surface area (Å²) in [6, 6.07) is 13.4. The summed E-state index contributed by atoms with van der Waals surface area (Å²) < 4.78 is 16.0. The Morgan fingerprint density at radius 2 is 1.57 bits per heavy atom. The third kappa shape index (κ3) is 3.45. The average molecular weight is 286 g/mol. The van der Waals surface area contributed by atoms with E-state index in [1.54, 1.807) is 27.5 Å². The highest BCUT2D eigenvalue weighted by Crippen LogP contribution is 2.38. The minimum Gasteiger partial charge on any atom is -0.493 e. The van der Waals surface area contributed by atoms with Crippen LogP contribution in [0.5, 0.6) is 17.2 Å². The molecular formula is C16H18N2O3. The Morgan fingerprint density at radius 1 is 0.857 bits per heavy atom. The van der Waals surface area contributed by atoms with Crippen LogP contribution in [0, 0.1) is 0 Å². The predicted octanol–water partition coefficient (Wildman–Crippen LogP) is 3.16. The van der Waals surface area contributed by atoms with E-state index in [1.165, 1.54) is 0 Å². The largest absolute Gasteiger partial charge is 0.493 e. The molecule has 2 rings (SSSR count). The monoisotopic (exact) mass is 286 g/mol. The van der Waals surface area contributed by atoms with Crippen LogP contribution in [0.15, 0.2) is 47.6 Å². The van der Waals surface area contributed by atoms with E-state index in [4.69, 9.17) is 14.2 Å². The number of hydrogen-bond acceptors (Lipinski definition) is 5. The predicted molar refractivity (Wildman–Crippen MR) is 83.8 cm³/mol. The molecule has 0 saturated heterocycles. The van der Waals surface area contributed by atoms with Crippen LogP contribution < -0.4 is 19.6 Å². The Balaban J connectivity index is 2.23. The van der Waals surface area contributed by atoms with E-state index < -0.39 is 0 Å². The van der Waals surface area contributed by atoms with Crippen LogP contribution in [-0.4, -0.2) is 27.5 Å². The Hall–Kier alpha value is -2.69. The summed E-state index contributed by atoms with van der Waals surface area (Å²) in [6.45, 7) is 0. The number of methoxy groups -OCH3 is 3. The first-order valence-electron chi connectivity index (χ1n) is 6.43. The lowest BCUT2D eigenvalue weighted by Crippen LogP contribution is -1.99. The third-order valence-electron chi connectivity index (χ3n) is 2.91. The molecule has 0 bridgehead atoms. The highest BCUT2D eigenvalue weighted by Gasteiger charge is 2.14. The summed E-state index contributed by atoms with van der Waals surface area (Å²) in [5.74, 6) is 1.74. The summed E-state index contributed by atoms with van der Waals surface area (Å²) in [7, 11) is 4.74. The number of ether oxygens (including phenoxy) is 3. The number of nitrogens with zero attached hydrogens (tertiary/aromatic N) is 1. The summed E-state index contributed by atoms with van der Waals surface area (Å²) in [4.78, 5) is 0. The maximum Gasteiger partial charge on any atom is 0.203 e. The fourth-order valence-electron chi connectivity index (χ4n) is 1.92. The Morgan fingerprint density at radius 3 is 2.19 bits per heavy atom. The molecule has 0 atom stereocenters. The normalized spacial score (nSPS) is 10.4. The molecule has 110 valence electrons. The molecule has 5 nitrogen and oxygen atoms in total. The van der Waals surface area contributed by atoms with Gasteiger partial charge >= 0.3 is 0 Å². The molecule has 0 aromatic heterocycles. The van der Waals surface area contributed by atoms with Crippen LogP contribution in [0.1, 0.15) is 5.56 Å². The molecule has 0 aliphatic heterocycles. The van der Waals surface area contributed by atoms with Gasteiger partial charge in [-0.25, -0.2) is 0 Å². The minimum atomic E-state index is 0.545. The smallest absolute Gasteiger partial charge is 0.203 e. The molecule has 2 aromatic carbocycles. The Bertz CT molecular complexity index is 612. The van der Waals surface area contributed by atoms with Crippen LogP contribution in [0.2, 0.25) is 0 Å². The van der Waals surface area contributed by atoms with Gasteiger partial charge < -0.3 is 14.2 Å². The molecular weight excluding hydrogens is 268 g/mol. The molecule has 0 amide bonds. The number of anilines is 1. The molecule has 21 heavy (non-hydrogen) atoms. The van der Waals surface area contributed by atoms with E-state index in [0.29, 0.717) is 17.2 Å². The summed E-state index contributed by atoms with van der Waals surface area (Å²) >= 11 is 0. The van der Waals surface area contributed by atoms with Crippen molar-refractivity contribution < 1.29 is 14.2 Å². The lowest BCUT2D eigenvalue weighted by molar-refractivity contribution is 0.324. The average Bonchev–Trinajstić information content (AvgIpc) is 2.55. The number of benzene rings is 2. The number of hydrazone groups is 1. The van der Waals surface area contributed by atoms with Gasteiger partial charge in [-0.15, -0.1) is 0 Å². The van der Waals surface area contributed by atoms with Gasteiger partial charge in [-0.3, -0.25) is 5.43 Å². The van der Waals surface area contributed by atoms with Crippen LogP contribution in [-0.2, 0) is 0 Å². The zero-order valence-electron chi connectivity index (χ0n) is 12.3. The topological polar surface area (TPSA) is 52.1 Å². The van der Waals surface area contributed by atoms with Gasteiger partial charge in [0.1, 0.15) is 0 Å². The van der Waals surface area contributed by atoms with Crippen molar-refractivity contribution in [2.75, 3.05) is 26.8 Å².